The lowest BCUT2D eigenvalue weighted by Crippen LogP contribution is -2.48. The van der Waals surface area contributed by atoms with Crippen molar-refractivity contribution in [3.8, 4) is 0 Å². The number of hydrogen-bond acceptors (Lipinski definition) is 3. The largest absolute Gasteiger partial charge is 0.365 e. The van der Waals surface area contributed by atoms with E-state index < -0.39 is 15.1 Å². The molecule has 0 bridgehead atoms. The fourth-order valence-corrected chi connectivity index (χ4v) is 4.51. The highest BCUT2D eigenvalue weighted by Crippen LogP contribution is 2.37. The molecule has 0 amide bonds. The van der Waals surface area contributed by atoms with Crippen LogP contribution in [0, 0.1) is 0 Å². The van der Waals surface area contributed by atoms with Gasteiger partial charge in [0.2, 0.25) is 0 Å². The SMILES string of the molecule is CN1c2ccccc2S(=O)(=O)C2C=CC=CC21. The first-order valence-corrected chi connectivity index (χ1v) is 7.08. The number of hydrogen-bond donors (Lipinski definition) is 0. The van der Waals surface area contributed by atoms with Gasteiger partial charge in [-0.1, -0.05) is 36.4 Å². The van der Waals surface area contributed by atoms with Gasteiger partial charge in [0, 0.05) is 7.05 Å². The lowest BCUT2D eigenvalue weighted by molar-refractivity contribution is 0.570. The maximum atomic E-state index is 12.5. The van der Waals surface area contributed by atoms with Crippen molar-refractivity contribution in [1.82, 2.24) is 0 Å². The molecule has 3 rings (SSSR count). The topological polar surface area (TPSA) is 37.4 Å². The Morgan fingerprint density at radius 1 is 1.12 bits per heavy atom. The fourth-order valence-electron chi connectivity index (χ4n) is 2.51. The predicted octanol–water partition coefficient (Wildman–Crippen LogP) is 1.77. The highest BCUT2D eigenvalue weighted by atomic mass is 32.2. The van der Waals surface area contributed by atoms with E-state index in [1.165, 1.54) is 0 Å². The zero-order chi connectivity index (χ0) is 12.0. The molecule has 0 fully saturated rings. The minimum absolute atomic E-state index is 0.0973. The molecular weight excluding hydrogens is 234 g/mol. The molecule has 1 aromatic carbocycles. The highest BCUT2D eigenvalue weighted by Gasteiger charge is 2.41. The smallest absolute Gasteiger partial charge is 0.189 e. The predicted molar refractivity (Wildman–Crippen MR) is 67.9 cm³/mol. The van der Waals surface area contributed by atoms with E-state index in [2.05, 4.69) is 0 Å². The number of likely N-dealkylation sites (N-methyl/N-ethyl adjacent to an activating group) is 1. The fraction of sp³-hybridized carbons (Fsp3) is 0.231. The van der Waals surface area contributed by atoms with Crippen LogP contribution in [0.15, 0.2) is 53.5 Å². The number of benzene rings is 1. The Bertz CT molecular complexity index is 616. The van der Waals surface area contributed by atoms with E-state index >= 15 is 0 Å². The molecule has 88 valence electrons. The van der Waals surface area contributed by atoms with Gasteiger partial charge in [0.05, 0.1) is 16.6 Å². The van der Waals surface area contributed by atoms with E-state index in [-0.39, 0.29) is 6.04 Å². The number of fused-ring (bicyclic) bond motifs is 2. The van der Waals surface area contributed by atoms with E-state index in [4.69, 9.17) is 0 Å². The maximum absolute atomic E-state index is 12.5. The molecule has 2 aliphatic rings. The van der Waals surface area contributed by atoms with Crippen LogP contribution in [0.2, 0.25) is 0 Å². The van der Waals surface area contributed by atoms with Gasteiger partial charge in [-0.05, 0) is 12.1 Å². The van der Waals surface area contributed by atoms with Crippen LogP contribution in [0.5, 0.6) is 0 Å². The van der Waals surface area contributed by atoms with Crippen molar-refractivity contribution in [1.29, 1.82) is 0 Å². The van der Waals surface area contributed by atoms with Crippen LogP contribution in [-0.4, -0.2) is 26.8 Å². The van der Waals surface area contributed by atoms with Gasteiger partial charge in [0.15, 0.2) is 9.84 Å². The van der Waals surface area contributed by atoms with Crippen molar-refractivity contribution in [3.05, 3.63) is 48.6 Å². The molecule has 0 N–H and O–H groups in total. The van der Waals surface area contributed by atoms with Crippen molar-refractivity contribution >= 4 is 15.5 Å². The van der Waals surface area contributed by atoms with Crippen molar-refractivity contribution in [2.45, 2.75) is 16.2 Å². The Labute approximate surface area is 101 Å². The number of allylic oxidation sites excluding steroid dienone is 2. The second-order valence-electron chi connectivity index (χ2n) is 4.35. The zero-order valence-electron chi connectivity index (χ0n) is 9.45. The van der Waals surface area contributed by atoms with E-state index in [9.17, 15) is 8.42 Å². The molecule has 3 nitrogen and oxygen atoms in total. The van der Waals surface area contributed by atoms with E-state index in [0.29, 0.717) is 4.90 Å². The van der Waals surface area contributed by atoms with Gasteiger partial charge in [-0.2, -0.15) is 0 Å². The van der Waals surface area contributed by atoms with Crippen molar-refractivity contribution in [3.63, 3.8) is 0 Å². The quantitative estimate of drug-likeness (QED) is 0.701. The van der Waals surface area contributed by atoms with Crippen LogP contribution in [0.3, 0.4) is 0 Å². The van der Waals surface area contributed by atoms with E-state index in [1.54, 1.807) is 24.3 Å². The van der Waals surface area contributed by atoms with Gasteiger partial charge < -0.3 is 4.90 Å². The molecule has 0 saturated carbocycles. The average Bonchev–Trinajstić information content (AvgIpc) is 2.37. The molecule has 0 radical (unpaired) electrons. The standard InChI is InChI=1S/C13H13NO2S/c1-14-10-6-2-4-8-12(10)17(15,16)13-9-5-3-7-11(13)14/h2-10,12H,1H3. The lowest BCUT2D eigenvalue weighted by atomic mass is 10.1. The number of nitrogens with zero attached hydrogens (tertiary/aromatic N) is 1. The normalized spacial score (nSPS) is 28.6. The molecule has 0 spiro atoms. The number of anilines is 1. The highest BCUT2D eigenvalue weighted by molar-refractivity contribution is 7.92. The van der Waals surface area contributed by atoms with Crippen LogP contribution in [0.1, 0.15) is 0 Å². The summed E-state index contributed by atoms with van der Waals surface area (Å²) in [6, 6.07) is 7.08. The van der Waals surface area contributed by atoms with E-state index in [0.717, 1.165) is 5.69 Å². The summed E-state index contributed by atoms with van der Waals surface area (Å²) in [7, 11) is -1.32. The molecule has 1 aliphatic heterocycles. The molecular formula is C13H13NO2S. The first kappa shape index (κ1) is 10.6. The van der Waals surface area contributed by atoms with Gasteiger partial charge in [0.1, 0.15) is 5.25 Å². The van der Waals surface area contributed by atoms with E-state index in [1.807, 2.05) is 36.2 Å². The molecule has 17 heavy (non-hydrogen) atoms. The third kappa shape index (κ3) is 1.37. The first-order chi connectivity index (χ1) is 8.12. The Hall–Kier alpha value is -1.55. The number of para-hydroxylation sites is 1. The van der Waals surface area contributed by atoms with Gasteiger partial charge in [-0.3, -0.25) is 0 Å². The number of sulfone groups is 1. The van der Waals surface area contributed by atoms with Crippen LogP contribution >= 0.6 is 0 Å². The minimum atomic E-state index is -3.26. The second-order valence-corrected chi connectivity index (χ2v) is 6.42. The van der Waals surface area contributed by atoms with Crippen LogP contribution in [0.4, 0.5) is 5.69 Å². The molecule has 1 aromatic rings. The summed E-state index contributed by atoms with van der Waals surface area (Å²) in [5.74, 6) is 0. The Morgan fingerprint density at radius 2 is 1.82 bits per heavy atom. The zero-order valence-corrected chi connectivity index (χ0v) is 10.3. The lowest BCUT2D eigenvalue weighted by Gasteiger charge is -2.39. The summed E-state index contributed by atoms with van der Waals surface area (Å²) in [5.41, 5.74) is 0.786. The summed E-state index contributed by atoms with van der Waals surface area (Å²) in [4.78, 5) is 2.46. The summed E-state index contributed by atoms with van der Waals surface area (Å²) in [5, 5.41) is -0.465. The van der Waals surface area contributed by atoms with Gasteiger partial charge in [-0.15, -0.1) is 0 Å². The molecule has 0 aromatic heterocycles. The summed E-state index contributed by atoms with van der Waals surface area (Å²) >= 11 is 0. The van der Waals surface area contributed by atoms with Crippen molar-refractivity contribution < 1.29 is 8.42 Å². The maximum Gasteiger partial charge on any atom is 0.189 e. The Kier molecular flexibility index (Phi) is 2.16. The molecule has 2 unspecified atom stereocenters. The Balaban J connectivity index is 2.29. The molecule has 4 heteroatoms. The molecule has 2 atom stereocenters. The van der Waals surface area contributed by atoms with Crippen molar-refractivity contribution in [2.75, 3.05) is 11.9 Å². The third-order valence-corrected chi connectivity index (χ3v) is 5.52. The van der Waals surface area contributed by atoms with Gasteiger partial charge in [0.25, 0.3) is 0 Å². The van der Waals surface area contributed by atoms with Gasteiger partial charge >= 0.3 is 0 Å². The van der Waals surface area contributed by atoms with Crippen molar-refractivity contribution in [2.24, 2.45) is 0 Å². The summed E-state index contributed by atoms with van der Waals surface area (Å²) < 4.78 is 24.9. The molecule has 1 aliphatic carbocycles. The monoisotopic (exact) mass is 247 g/mol. The number of rotatable bonds is 0. The van der Waals surface area contributed by atoms with Crippen LogP contribution in [0.25, 0.3) is 0 Å². The third-order valence-electron chi connectivity index (χ3n) is 3.41. The molecule has 0 saturated heterocycles. The average molecular weight is 247 g/mol. The van der Waals surface area contributed by atoms with Crippen LogP contribution < -0.4 is 4.90 Å². The van der Waals surface area contributed by atoms with Crippen LogP contribution in [-0.2, 0) is 9.84 Å². The second kappa shape index (κ2) is 3.47. The Morgan fingerprint density at radius 3 is 2.65 bits per heavy atom. The summed E-state index contributed by atoms with van der Waals surface area (Å²) in [6.45, 7) is 0. The molecule has 1 heterocycles. The van der Waals surface area contributed by atoms with Gasteiger partial charge in [-0.25, -0.2) is 8.42 Å². The first-order valence-electron chi connectivity index (χ1n) is 5.53. The minimum Gasteiger partial charge on any atom is -0.365 e. The summed E-state index contributed by atoms with van der Waals surface area (Å²) in [6.07, 6.45) is 7.42.